The van der Waals surface area contributed by atoms with Crippen molar-refractivity contribution in [3.8, 4) is 0 Å². The minimum atomic E-state index is -0.573. The maximum atomic E-state index is 10.9. The molecule has 6 heteroatoms. The topological polar surface area (TPSA) is 94.0 Å². The van der Waals surface area contributed by atoms with Gasteiger partial charge in [-0.1, -0.05) is 30.8 Å². The molecule has 0 aromatic carbocycles. The fourth-order valence-electron chi connectivity index (χ4n) is 3.96. The van der Waals surface area contributed by atoms with E-state index in [0.29, 0.717) is 11.7 Å². The molecular formula is C15H24N4O2. The lowest BCUT2D eigenvalue weighted by molar-refractivity contribution is 0.142. The summed E-state index contributed by atoms with van der Waals surface area (Å²) in [5, 5.41) is 6.57. The number of hydrogen-bond acceptors (Lipinski definition) is 4. The normalized spacial score (nSPS) is 30.4. The van der Waals surface area contributed by atoms with Crippen LogP contribution in [0.15, 0.2) is 4.52 Å². The third-order valence-corrected chi connectivity index (χ3v) is 5.09. The lowest BCUT2D eigenvalue weighted by Crippen LogP contribution is -2.32. The second kappa shape index (κ2) is 6.03. The first kappa shape index (κ1) is 14.4. The Morgan fingerprint density at radius 1 is 1.29 bits per heavy atom. The van der Waals surface area contributed by atoms with Crippen molar-refractivity contribution in [2.24, 2.45) is 17.6 Å². The van der Waals surface area contributed by atoms with Crippen LogP contribution in [0.1, 0.15) is 75.5 Å². The number of nitrogens with two attached hydrogens (primary N) is 1. The van der Waals surface area contributed by atoms with Crippen LogP contribution in [0.25, 0.3) is 0 Å². The summed E-state index contributed by atoms with van der Waals surface area (Å²) in [5.74, 6) is 3.36. The molecule has 0 aliphatic heterocycles. The van der Waals surface area contributed by atoms with E-state index in [0.717, 1.165) is 24.1 Å². The van der Waals surface area contributed by atoms with Crippen molar-refractivity contribution in [1.82, 2.24) is 15.5 Å². The second-order valence-electron chi connectivity index (χ2n) is 6.54. The number of nitrogens with zero attached hydrogens (tertiary/aromatic N) is 2. The zero-order valence-corrected chi connectivity index (χ0v) is 12.5. The van der Waals surface area contributed by atoms with Gasteiger partial charge in [-0.25, -0.2) is 4.79 Å². The monoisotopic (exact) mass is 292 g/mol. The summed E-state index contributed by atoms with van der Waals surface area (Å²) in [6, 6.07) is -0.886. The molecule has 3 N–H and O–H groups in total. The number of nitrogens with one attached hydrogen (secondary N) is 1. The summed E-state index contributed by atoms with van der Waals surface area (Å²) in [5.41, 5.74) is 5.12. The average Bonchev–Trinajstić information content (AvgIpc) is 2.96. The molecule has 2 fully saturated rings. The standard InChI is InChI=1S/C15H24N4O2/c1-9(17-15(16)20)13-18-14(21-19-13)12-7-6-10-4-2-3-5-11(10)8-12/h9-12H,2-8H2,1H3,(H3,16,17,20)/t9-,10+,11+,12+/m0/s1. The van der Waals surface area contributed by atoms with Gasteiger partial charge in [0.1, 0.15) is 0 Å². The highest BCUT2D eigenvalue weighted by Crippen LogP contribution is 2.45. The average molecular weight is 292 g/mol. The van der Waals surface area contributed by atoms with E-state index in [-0.39, 0.29) is 6.04 Å². The number of hydrogen-bond donors (Lipinski definition) is 2. The van der Waals surface area contributed by atoms with E-state index in [2.05, 4.69) is 15.5 Å². The molecular weight excluding hydrogens is 268 g/mol. The Morgan fingerprint density at radius 3 is 2.81 bits per heavy atom. The van der Waals surface area contributed by atoms with Crippen LogP contribution in [-0.4, -0.2) is 16.2 Å². The molecule has 2 aliphatic carbocycles. The van der Waals surface area contributed by atoms with Gasteiger partial charge in [0, 0.05) is 5.92 Å². The fraction of sp³-hybridized carbons (Fsp3) is 0.800. The number of aromatic nitrogens is 2. The van der Waals surface area contributed by atoms with Gasteiger partial charge in [-0.3, -0.25) is 0 Å². The first-order valence-corrected chi connectivity index (χ1v) is 8.03. The first-order valence-electron chi connectivity index (χ1n) is 8.03. The van der Waals surface area contributed by atoms with Crippen LogP contribution in [0.3, 0.4) is 0 Å². The van der Waals surface area contributed by atoms with Gasteiger partial charge in [0.05, 0.1) is 6.04 Å². The molecule has 2 saturated carbocycles. The predicted octanol–water partition coefficient (Wildman–Crippen LogP) is 2.87. The van der Waals surface area contributed by atoms with Gasteiger partial charge in [-0.2, -0.15) is 4.98 Å². The molecule has 116 valence electrons. The maximum absolute atomic E-state index is 10.9. The van der Waals surface area contributed by atoms with Crippen molar-refractivity contribution in [3.63, 3.8) is 0 Å². The molecule has 21 heavy (non-hydrogen) atoms. The molecule has 6 nitrogen and oxygen atoms in total. The number of carbonyl (C=O) groups excluding carboxylic acids is 1. The lowest BCUT2D eigenvalue weighted by atomic mass is 9.67. The van der Waals surface area contributed by atoms with Crippen LogP contribution in [0, 0.1) is 11.8 Å². The van der Waals surface area contributed by atoms with E-state index in [1.165, 1.54) is 38.5 Å². The third-order valence-electron chi connectivity index (χ3n) is 5.09. The highest BCUT2D eigenvalue weighted by atomic mass is 16.5. The molecule has 1 heterocycles. The molecule has 0 spiro atoms. The molecule has 2 aliphatic rings. The van der Waals surface area contributed by atoms with Gasteiger partial charge in [-0.05, 0) is 38.0 Å². The Morgan fingerprint density at radius 2 is 2.05 bits per heavy atom. The van der Waals surface area contributed by atoms with Crippen molar-refractivity contribution in [3.05, 3.63) is 11.7 Å². The van der Waals surface area contributed by atoms with Crippen LogP contribution in [0.4, 0.5) is 4.79 Å². The quantitative estimate of drug-likeness (QED) is 0.895. The van der Waals surface area contributed by atoms with Crippen molar-refractivity contribution < 1.29 is 9.32 Å². The Balaban J connectivity index is 1.64. The fourth-order valence-corrected chi connectivity index (χ4v) is 3.96. The Kier molecular flexibility index (Phi) is 4.12. The van der Waals surface area contributed by atoms with E-state index in [4.69, 9.17) is 10.3 Å². The Bertz CT molecular complexity index is 502. The number of rotatable bonds is 3. The molecule has 0 bridgehead atoms. The summed E-state index contributed by atoms with van der Waals surface area (Å²) in [4.78, 5) is 15.4. The Labute approximate surface area is 124 Å². The number of primary amides is 1. The van der Waals surface area contributed by atoms with Gasteiger partial charge in [0.2, 0.25) is 5.89 Å². The van der Waals surface area contributed by atoms with E-state index >= 15 is 0 Å². The number of urea groups is 1. The van der Waals surface area contributed by atoms with Crippen molar-refractivity contribution >= 4 is 6.03 Å². The van der Waals surface area contributed by atoms with Crippen LogP contribution >= 0.6 is 0 Å². The van der Waals surface area contributed by atoms with Crippen LogP contribution in [-0.2, 0) is 0 Å². The van der Waals surface area contributed by atoms with Crippen LogP contribution in [0.2, 0.25) is 0 Å². The van der Waals surface area contributed by atoms with Gasteiger partial charge in [0.15, 0.2) is 5.82 Å². The minimum Gasteiger partial charge on any atom is -0.352 e. The number of fused-ring (bicyclic) bond motifs is 1. The molecule has 3 rings (SSSR count). The maximum Gasteiger partial charge on any atom is 0.312 e. The minimum absolute atomic E-state index is 0.314. The molecule has 0 saturated heterocycles. The summed E-state index contributed by atoms with van der Waals surface area (Å²) < 4.78 is 5.43. The zero-order valence-electron chi connectivity index (χ0n) is 12.5. The van der Waals surface area contributed by atoms with E-state index in [9.17, 15) is 4.79 Å². The zero-order chi connectivity index (χ0) is 14.8. The van der Waals surface area contributed by atoms with Crippen LogP contribution in [0.5, 0.6) is 0 Å². The second-order valence-corrected chi connectivity index (χ2v) is 6.54. The first-order chi connectivity index (χ1) is 10.1. The lowest BCUT2D eigenvalue weighted by Gasteiger charge is -2.38. The van der Waals surface area contributed by atoms with Gasteiger partial charge in [-0.15, -0.1) is 0 Å². The van der Waals surface area contributed by atoms with E-state index in [1.54, 1.807) is 6.92 Å². The summed E-state index contributed by atoms with van der Waals surface area (Å²) in [6.45, 7) is 1.80. The molecule has 2 amide bonds. The van der Waals surface area contributed by atoms with E-state index in [1.807, 2.05) is 0 Å². The third kappa shape index (κ3) is 3.19. The van der Waals surface area contributed by atoms with Crippen molar-refractivity contribution in [2.45, 2.75) is 63.8 Å². The highest BCUT2D eigenvalue weighted by molar-refractivity contribution is 5.71. The predicted molar refractivity (Wildman–Crippen MR) is 77.5 cm³/mol. The van der Waals surface area contributed by atoms with Crippen LogP contribution < -0.4 is 11.1 Å². The summed E-state index contributed by atoms with van der Waals surface area (Å²) in [7, 11) is 0. The largest absolute Gasteiger partial charge is 0.352 e. The molecule has 4 atom stereocenters. The highest BCUT2D eigenvalue weighted by Gasteiger charge is 2.35. The summed E-state index contributed by atoms with van der Waals surface area (Å²) in [6.07, 6.45) is 9.09. The van der Waals surface area contributed by atoms with Crippen molar-refractivity contribution in [2.75, 3.05) is 0 Å². The van der Waals surface area contributed by atoms with Gasteiger partial charge >= 0.3 is 6.03 Å². The molecule has 0 unspecified atom stereocenters. The molecule has 1 aromatic heterocycles. The van der Waals surface area contributed by atoms with E-state index < -0.39 is 6.03 Å². The van der Waals surface area contributed by atoms with Gasteiger partial charge in [0.25, 0.3) is 0 Å². The summed E-state index contributed by atoms with van der Waals surface area (Å²) >= 11 is 0. The Hall–Kier alpha value is -1.59. The number of carbonyl (C=O) groups is 1. The molecule has 0 radical (unpaired) electrons. The smallest absolute Gasteiger partial charge is 0.312 e. The number of amides is 2. The molecule has 1 aromatic rings. The van der Waals surface area contributed by atoms with Gasteiger partial charge < -0.3 is 15.6 Å². The van der Waals surface area contributed by atoms with Crippen molar-refractivity contribution in [1.29, 1.82) is 0 Å². The SMILES string of the molecule is C[C@H](NC(N)=O)c1noc([C@@H]2CC[C@H]3CCCC[C@@H]3C2)n1.